The van der Waals surface area contributed by atoms with Crippen molar-refractivity contribution >= 4 is 26.7 Å². The van der Waals surface area contributed by atoms with Gasteiger partial charge in [-0.15, -0.1) is 0 Å². The van der Waals surface area contributed by atoms with E-state index in [2.05, 4.69) is 14.8 Å². The maximum Gasteiger partial charge on any atom is 0.229 e. The highest BCUT2D eigenvalue weighted by Gasteiger charge is 2.08. The zero-order valence-corrected chi connectivity index (χ0v) is 10.0. The van der Waals surface area contributed by atoms with Gasteiger partial charge in [0.25, 0.3) is 0 Å². The molecule has 2 aromatic rings. The molecule has 7 heteroatoms. The molecule has 16 heavy (non-hydrogen) atoms. The lowest BCUT2D eigenvalue weighted by Crippen LogP contribution is -2.09. The number of aromatic nitrogens is 3. The fraction of sp³-hybridized carbons (Fsp3) is 0.333. The minimum atomic E-state index is -3.27. The summed E-state index contributed by atoms with van der Waals surface area (Å²) < 4.78 is 26.2. The fourth-order valence-corrected chi connectivity index (χ4v) is 2.12. The van der Waals surface area contributed by atoms with E-state index in [0.29, 0.717) is 5.69 Å². The van der Waals surface area contributed by atoms with Crippen molar-refractivity contribution in [1.82, 2.24) is 14.8 Å². The van der Waals surface area contributed by atoms with Crippen LogP contribution in [0.1, 0.15) is 5.69 Å². The first-order valence-electron chi connectivity index (χ1n) is 4.64. The molecule has 2 aromatic heterocycles. The second kappa shape index (κ2) is 3.44. The number of nitrogens with zero attached hydrogens (tertiary/aromatic N) is 3. The standard InChI is InChI=1S/C9H12N4O2S/c1-6-8-4-7(12-16(3,14)15)5-10-9(8)13(2)11-6/h4-5,12H,1-3H3. The van der Waals surface area contributed by atoms with E-state index in [9.17, 15) is 8.42 Å². The number of hydrogen-bond acceptors (Lipinski definition) is 4. The Bertz CT molecular complexity index is 645. The van der Waals surface area contributed by atoms with Gasteiger partial charge in [-0.3, -0.25) is 9.40 Å². The smallest absolute Gasteiger partial charge is 0.229 e. The highest BCUT2D eigenvalue weighted by molar-refractivity contribution is 7.92. The zero-order valence-electron chi connectivity index (χ0n) is 9.22. The summed E-state index contributed by atoms with van der Waals surface area (Å²) in [7, 11) is -1.47. The molecular formula is C9H12N4O2S. The zero-order chi connectivity index (χ0) is 11.9. The van der Waals surface area contributed by atoms with Crippen LogP contribution in [-0.2, 0) is 17.1 Å². The Hall–Kier alpha value is -1.63. The Morgan fingerprint density at radius 3 is 2.75 bits per heavy atom. The number of aryl methyl sites for hydroxylation is 2. The van der Waals surface area contributed by atoms with Crippen molar-refractivity contribution in [3.63, 3.8) is 0 Å². The third-order valence-corrected chi connectivity index (χ3v) is 2.77. The summed E-state index contributed by atoms with van der Waals surface area (Å²) in [6, 6.07) is 1.73. The molecule has 6 nitrogen and oxygen atoms in total. The third kappa shape index (κ3) is 1.99. The van der Waals surface area contributed by atoms with E-state index >= 15 is 0 Å². The van der Waals surface area contributed by atoms with Gasteiger partial charge in [-0.2, -0.15) is 5.10 Å². The maximum absolute atomic E-state index is 11.1. The van der Waals surface area contributed by atoms with Gasteiger partial charge in [-0.1, -0.05) is 0 Å². The van der Waals surface area contributed by atoms with Crippen LogP contribution in [0.25, 0.3) is 11.0 Å². The molecule has 2 rings (SSSR count). The predicted molar refractivity (Wildman–Crippen MR) is 61.7 cm³/mol. The molecule has 0 saturated carbocycles. The number of nitrogens with one attached hydrogen (secondary N) is 1. The first-order valence-corrected chi connectivity index (χ1v) is 6.53. The van der Waals surface area contributed by atoms with E-state index in [1.54, 1.807) is 17.8 Å². The van der Waals surface area contributed by atoms with Gasteiger partial charge >= 0.3 is 0 Å². The molecule has 0 unspecified atom stereocenters. The summed E-state index contributed by atoms with van der Waals surface area (Å²) in [6.07, 6.45) is 2.58. The van der Waals surface area contributed by atoms with Crippen LogP contribution in [0.15, 0.2) is 12.3 Å². The average molecular weight is 240 g/mol. The van der Waals surface area contributed by atoms with Gasteiger partial charge in [0.15, 0.2) is 5.65 Å². The van der Waals surface area contributed by atoms with Crippen LogP contribution in [0.2, 0.25) is 0 Å². The van der Waals surface area contributed by atoms with Crippen LogP contribution < -0.4 is 4.72 Å². The number of anilines is 1. The summed E-state index contributed by atoms with van der Waals surface area (Å²) in [5, 5.41) is 5.05. The first kappa shape index (κ1) is 10.9. The molecule has 0 radical (unpaired) electrons. The van der Waals surface area contributed by atoms with Crippen molar-refractivity contribution in [2.24, 2.45) is 7.05 Å². The largest absolute Gasteiger partial charge is 0.282 e. The Kier molecular flexibility index (Phi) is 2.34. The van der Waals surface area contributed by atoms with Crippen LogP contribution in [0.5, 0.6) is 0 Å². The summed E-state index contributed by atoms with van der Waals surface area (Å²) in [5.41, 5.74) is 2.00. The first-order chi connectivity index (χ1) is 7.37. The number of fused-ring (bicyclic) bond motifs is 1. The number of pyridine rings is 1. The second-order valence-electron chi connectivity index (χ2n) is 3.68. The quantitative estimate of drug-likeness (QED) is 0.836. The van der Waals surface area contributed by atoms with E-state index < -0.39 is 10.0 Å². The summed E-state index contributed by atoms with van der Waals surface area (Å²) in [4.78, 5) is 4.16. The highest BCUT2D eigenvalue weighted by atomic mass is 32.2. The fourth-order valence-electron chi connectivity index (χ4n) is 1.58. The monoisotopic (exact) mass is 240 g/mol. The van der Waals surface area contributed by atoms with Crippen molar-refractivity contribution < 1.29 is 8.42 Å². The number of rotatable bonds is 2. The Balaban J connectivity index is 2.56. The molecule has 0 bridgehead atoms. The maximum atomic E-state index is 11.1. The van der Waals surface area contributed by atoms with Gasteiger partial charge in [0.05, 0.1) is 23.8 Å². The molecule has 0 aromatic carbocycles. The number of sulfonamides is 1. The minimum absolute atomic E-state index is 0.450. The van der Waals surface area contributed by atoms with Crippen LogP contribution in [0.4, 0.5) is 5.69 Å². The molecule has 2 heterocycles. The Morgan fingerprint density at radius 1 is 1.44 bits per heavy atom. The lowest BCUT2D eigenvalue weighted by Gasteiger charge is -2.02. The molecule has 0 aliphatic heterocycles. The highest BCUT2D eigenvalue weighted by Crippen LogP contribution is 2.19. The normalized spacial score (nSPS) is 11.9. The Morgan fingerprint density at radius 2 is 2.12 bits per heavy atom. The molecule has 0 aliphatic carbocycles. The second-order valence-corrected chi connectivity index (χ2v) is 5.43. The summed E-state index contributed by atoms with van der Waals surface area (Å²) >= 11 is 0. The van der Waals surface area contributed by atoms with Crippen LogP contribution >= 0.6 is 0 Å². The minimum Gasteiger partial charge on any atom is -0.282 e. The van der Waals surface area contributed by atoms with Gasteiger partial charge in [-0.05, 0) is 13.0 Å². The Labute approximate surface area is 93.3 Å². The molecule has 0 aliphatic rings. The van der Waals surface area contributed by atoms with Gasteiger partial charge in [0, 0.05) is 12.4 Å². The average Bonchev–Trinajstić information content (AvgIpc) is 2.40. The van der Waals surface area contributed by atoms with Gasteiger partial charge in [0.2, 0.25) is 10.0 Å². The molecule has 0 saturated heterocycles. The van der Waals surface area contributed by atoms with E-state index in [1.165, 1.54) is 6.20 Å². The van der Waals surface area contributed by atoms with Gasteiger partial charge < -0.3 is 0 Å². The topological polar surface area (TPSA) is 76.9 Å². The predicted octanol–water partition coefficient (Wildman–Crippen LogP) is 0.648. The molecule has 0 atom stereocenters. The lowest BCUT2D eigenvalue weighted by molar-refractivity contribution is 0.607. The van der Waals surface area contributed by atoms with E-state index in [-0.39, 0.29) is 0 Å². The van der Waals surface area contributed by atoms with Crippen molar-refractivity contribution in [3.05, 3.63) is 18.0 Å². The van der Waals surface area contributed by atoms with E-state index in [4.69, 9.17) is 0 Å². The summed E-state index contributed by atoms with van der Waals surface area (Å²) in [6.45, 7) is 1.86. The van der Waals surface area contributed by atoms with E-state index in [1.807, 2.05) is 6.92 Å². The molecule has 0 fully saturated rings. The summed E-state index contributed by atoms with van der Waals surface area (Å²) in [5.74, 6) is 0. The molecule has 86 valence electrons. The van der Waals surface area contributed by atoms with Crippen molar-refractivity contribution in [1.29, 1.82) is 0 Å². The van der Waals surface area contributed by atoms with E-state index in [0.717, 1.165) is 23.0 Å². The molecule has 0 amide bonds. The van der Waals surface area contributed by atoms with Crippen molar-refractivity contribution in [3.8, 4) is 0 Å². The van der Waals surface area contributed by atoms with Crippen molar-refractivity contribution in [2.45, 2.75) is 6.92 Å². The van der Waals surface area contributed by atoms with Gasteiger partial charge in [-0.25, -0.2) is 13.4 Å². The molecule has 1 N–H and O–H groups in total. The third-order valence-electron chi connectivity index (χ3n) is 2.17. The van der Waals surface area contributed by atoms with Crippen LogP contribution in [-0.4, -0.2) is 29.4 Å². The molecular weight excluding hydrogens is 228 g/mol. The number of hydrogen-bond donors (Lipinski definition) is 1. The molecule has 0 spiro atoms. The lowest BCUT2D eigenvalue weighted by atomic mass is 10.3. The van der Waals surface area contributed by atoms with Crippen molar-refractivity contribution in [2.75, 3.05) is 11.0 Å². The van der Waals surface area contributed by atoms with Crippen LogP contribution in [0.3, 0.4) is 0 Å². The van der Waals surface area contributed by atoms with Crippen LogP contribution in [0, 0.1) is 6.92 Å². The van der Waals surface area contributed by atoms with Gasteiger partial charge in [0.1, 0.15) is 0 Å². The SMILES string of the molecule is Cc1nn(C)c2ncc(NS(C)(=O)=O)cc12.